The van der Waals surface area contributed by atoms with Gasteiger partial charge in [-0.2, -0.15) is 0 Å². The number of hydrogen-bond donors (Lipinski definition) is 3. The first-order chi connectivity index (χ1) is 7.47. The summed E-state index contributed by atoms with van der Waals surface area (Å²) in [6, 6.07) is -1.16. The Bertz CT molecular complexity index is 298. The third-order valence-corrected chi connectivity index (χ3v) is 1.77. The average molecular weight is 229 g/mol. The van der Waals surface area contributed by atoms with Crippen LogP contribution in [0, 0.1) is 0 Å². The molecule has 1 atom stereocenters. The van der Waals surface area contributed by atoms with Crippen molar-refractivity contribution >= 4 is 17.8 Å². The number of aliphatic carboxylic acids is 2. The van der Waals surface area contributed by atoms with E-state index in [1.54, 1.807) is 6.08 Å². The van der Waals surface area contributed by atoms with Crippen molar-refractivity contribution in [3.8, 4) is 0 Å². The zero-order chi connectivity index (χ0) is 12.6. The summed E-state index contributed by atoms with van der Waals surface area (Å²) in [5.41, 5.74) is 0. The fourth-order valence-corrected chi connectivity index (χ4v) is 0.970. The van der Waals surface area contributed by atoms with Gasteiger partial charge in [-0.15, -0.1) is 0 Å². The third kappa shape index (κ3) is 6.58. The molecule has 6 nitrogen and oxygen atoms in total. The molecule has 3 N–H and O–H groups in total. The Morgan fingerprint density at radius 1 is 1.31 bits per heavy atom. The number of amides is 1. The summed E-state index contributed by atoms with van der Waals surface area (Å²) >= 11 is 0. The number of nitrogens with one attached hydrogen (secondary N) is 1. The van der Waals surface area contributed by atoms with Gasteiger partial charge >= 0.3 is 11.9 Å². The minimum Gasteiger partial charge on any atom is -0.481 e. The lowest BCUT2D eigenvalue weighted by Gasteiger charge is -2.11. The first kappa shape index (κ1) is 14.2. The highest BCUT2D eigenvalue weighted by molar-refractivity contribution is 5.91. The molecule has 0 aliphatic heterocycles. The van der Waals surface area contributed by atoms with Crippen LogP contribution in [0.25, 0.3) is 0 Å². The van der Waals surface area contributed by atoms with Crippen LogP contribution < -0.4 is 5.32 Å². The molecule has 16 heavy (non-hydrogen) atoms. The van der Waals surface area contributed by atoms with Crippen LogP contribution in [-0.4, -0.2) is 34.1 Å². The summed E-state index contributed by atoms with van der Waals surface area (Å²) in [4.78, 5) is 32.1. The molecular formula is C10H15NO5. The Labute approximate surface area is 93.0 Å². The normalized spacial score (nSPS) is 12.3. The molecule has 0 aromatic carbocycles. The number of allylic oxidation sites excluding steroid dienone is 1. The molecule has 0 bridgehead atoms. The van der Waals surface area contributed by atoms with Gasteiger partial charge < -0.3 is 15.5 Å². The number of carbonyl (C=O) groups is 3. The second-order valence-electron chi connectivity index (χ2n) is 3.14. The van der Waals surface area contributed by atoms with Crippen LogP contribution in [0.1, 0.15) is 26.2 Å². The van der Waals surface area contributed by atoms with Gasteiger partial charge in [0.2, 0.25) is 5.91 Å². The number of rotatable bonds is 7. The fraction of sp³-hybridized carbons (Fsp3) is 0.500. The van der Waals surface area contributed by atoms with Crippen molar-refractivity contribution in [2.24, 2.45) is 0 Å². The zero-order valence-electron chi connectivity index (χ0n) is 8.97. The molecule has 0 aromatic rings. The number of hydrogen-bond acceptors (Lipinski definition) is 3. The number of carboxylic acid groups (broad SMARTS) is 2. The Kier molecular flexibility index (Phi) is 6.58. The first-order valence-electron chi connectivity index (χ1n) is 4.89. The van der Waals surface area contributed by atoms with Crippen LogP contribution in [0.2, 0.25) is 0 Å². The fourth-order valence-electron chi connectivity index (χ4n) is 0.970. The molecule has 0 aliphatic carbocycles. The van der Waals surface area contributed by atoms with Gasteiger partial charge in [0.15, 0.2) is 0 Å². The van der Waals surface area contributed by atoms with E-state index in [1.807, 2.05) is 6.92 Å². The van der Waals surface area contributed by atoms with Crippen LogP contribution in [0.5, 0.6) is 0 Å². The molecule has 0 radical (unpaired) electrons. The molecular weight excluding hydrogens is 214 g/mol. The lowest BCUT2D eigenvalue weighted by atomic mass is 10.1. The van der Waals surface area contributed by atoms with Gasteiger partial charge in [0.1, 0.15) is 6.04 Å². The predicted octanol–water partition coefficient (Wildman–Crippen LogP) is 0.387. The number of carboxylic acids is 2. The largest absolute Gasteiger partial charge is 0.481 e. The highest BCUT2D eigenvalue weighted by atomic mass is 16.4. The van der Waals surface area contributed by atoms with Gasteiger partial charge in [0, 0.05) is 6.42 Å². The minimum absolute atomic E-state index is 0.129. The molecule has 0 saturated heterocycles. The van der Waals surface area contributed by atoms with E-state index in [1.165, 1.54) is 6.08 Å². The molecule has 0 spiro atoms. The second kappa shape index (κ2) is 7.44. The standard InChI is InChI=1S/C10H15NO5/c1-2-3-4-8(12)11-7(10(15)16)5-6-9(13)14/h3-4,7H,2,5-6H2,1H3,(H,11,12)(H,13,14)(H,15,16)/b4-3+/t7-/m0/s1. The van der Waals surface area contributed by atoms with Gasteiger partial charge in [-0.25, -0.2) is 4.79 Å². The van der Waals surface area contributed by atoms with Gasteiger partial charge in [-0.05, 0) is 18.9 Å². The van der Waals surface area contributed by atoms with E-state index in [4.69, 9.17) is 10.2 Å². The predicted molar refractivity (Wildman–Crippen MR) is 55.9 cm³/mol. The molecule has 6 heteroatoms. The van der Waals surface area contributed by atoms with Crippen molar-refractivity contribution in [2.75, 3.05) is 0 Å². The Morgan fingerprint density at radius 3 is 2.38 bits per heavy atom. The van der Waals surface area contributed by atoms with Crippen molar-refractivity contribution < 1.29 is 24.6 Å². The SMILES string of the molecule is CC/C=C/C(=O)N[C@@H](CCC(=O)O)C(=O)O. The van der Waals surface area contributed by atoms with Crippen molar-refractivity contribution in [3.05, 3.63) is 12.2 Å². The second-order valence-corrected chi connectivity index (χ2v) is 3.14. The van der Waals surface area contributed by atoms with E-state index in [9.17, 15) is 14.4 Å². The van der Waals surface area contributed by atoms with Crippen molar-refractivity contribution in [3.63, 3.8) is 0 Å². The van der Waals surface area contributed by atoms with Gasteiger partial charge in [0.05, 0.1) is 0 Å². The Hall–Kier alpha value is -1.85. The molecule has 0 saturated carbocycles. The van der Waals surface area contributed by atoms with E-state index in [2.05, 4.69) is 5.32 Å². The Morgan fingerprint density at radius 2 is 1.94 bits per heavy atom. The molecule has 0 fully saturated rings. The van der Waals surface area contributed by atoms with Crippen molar-refractivity contribution in [1.29, 1.82) is 0 Å². The van der Waals surface area contributed by atoms with Gasteiger partial charge in [0.25, 0.3) is 0 Å². The average Bonchev–Trinajstić information content (AvgIpc) is 2.20. The summed E-state index contributed by atoms with van der Waals surface area (Å²) in [7, 11) is 0. The van der Waals surface area contributed by atoms with E-state index in [0.29, 0.717) is 6.42 Å². The van der Waals surface area contributed by atoms with Crippen molar-refractivity contribution in [1.82, 2.24) is 5.32 Å². The maximum absolute atomic E-state index is 11.2. The molecule has 0 aliphatic rings. The van der Waals surface area contributed by atoms with E-state index >= 15 is 0 Å². The lowest BCUT2D eigenvalue weighted by molar-refractivity contribution is -0.142. The molecule has 0 unspecified atom stereocenters. The van der Waals surface area contributed by atoms with E-state index < -0.39 is 23.9 Å². The Balaban J connectivity index is 4.22. The van der Waals surface area contributed by atoms with Crippen LogP contribution >= 0.6 is 0 Å². The van der Waals surface area contributed by atoms with Crippen LogP contribution in [0.3, 0.4) is 0 Å². The van der Waals surface area contributed by atoms with Crippen LogP contribution in [0.4, 0.5) is 0 Å². The highest BCUT2D eigenvalue weighted by Gasteiger charge is 2.19. The monoisotopic (exact) mass is 229 g/mol. The summed E-state index contributed by atoms with van der Waals surface area (Å²) in [5, 5.41) is 19.3. The molecule has 1 amide bonds. The first-order valence-corrected chi connectivity index (χ1v) is 4.89. The van der Waals surface area contributed by atoms with Gasteiger partial charge in [-0.1, -0.05) is 13.0 Å². The van der Waals surface area contributed by atoms with Crippen LogP contribution in [0.15, 0.2) is 12.2 Å². The zero-order valence-corrected chi connectivity index (χ0v) is 8.97. The molecule has 90 valence electrons. The highest BCUT2D eigenvalue weighted by Crippen LogP contribution is 1.98. The van der Waals surface area contributed by atoms with Crippen LogP contribution in [-0.2, 0) is 14.4 Å². The molecule has 0 rings (SSSR count). The van der Waals surface area contributed by atoms with Gasteiger partial charge in [-0.3, -0.25) is 9.59 Å². The minimum atomic E-state index is -1.24. The summed E-state index contributed by atoms with van der Waals surface area (Å²) in [5.74, 6) is -2.86. The topological polar surface area (TPSA) is 104 Å². The molecule has 0 heterocycles. The smallest absolute Gasteiger partial charge is 0.326 e. The molecule has 0 aromatic heterocycles. The summed E-state index contributed by atoms with van der Waals surface area (Å²) in [6.07, 6.45) is 3.06. The lowest BCUT2D eigenvalue weighted by Crippen LogP contribution is -2.40. The van der Waals surface area contributed by atoms with Crippen molar-refractivity contribution in [2.45, 2.75) is 32.2 Å². The van der Waals surface area contributed by atoms with E-state index in [-0.39, 0.29) is 12.8 Å². The number of carbonyl (C=O) groups excluding carboxylic acids is 1. The maximum atomic E-state index is 11.2. The quantitative estimate of drug-likeness (QED) is 0.548. The van der Waals surface area contributed by atoms with E-state index in [0.717, 1.165) is 0 Å². The third-order valence-electron chi connectivity index (χ3n) is 1.77. The maximum Gasteiger partial charge on any atom is 0.326 e. The summed E-state index contributed by atoms with van der Waals surface area (Å²) in [6.45, 7) is 1.84. The summed E-state index contributed by atoms with van der Waals surface area (Å²) < 4.78 is 0.